The molecular formula is C30H36ClN3O5S. The fourth-order valence-electron chi connectivity index (χ4n) is 4.02. The van der Waals surface area contributed by atoms with Crippen LogP contribution in [0.25, 0.3) is 0 Å². The van der Waals surface area contributed by atoms with Crippen LogP contribution >= 0.6 is 11.6 Å². The van der Waals surface area contributed by atoms with E-state index in [-0.39, 0.29) is 23.0 Å². The lowest BCUT2D eigenvalue weighted by atomic mass is 10.1. The van der Waals surface area contributed by atoms with Gasteiger partial charge in [-0.25, -0.2) is 8.42 Å². The van der Waals surface area contributed by atoms with Gasteiger partial charge in [-0.15, -0.1) is 0 Å². The lowest BCUT2D eigenvalue weighted by Gasteiger charge is -2.33. The third kappa shape index (κ3) is 7.99. The summed E-state index contributed by atoms with van der Waals surface area (Å²) >= 11 is 6.21. The molecule has 0 aromatic heterocycles. The number of ether oxygens (including phenoxy) is 1. The number of aryl methyl sites for hydroxylation is 1. The lowest BCUT2D eigenvalue weighted by Crippen LogP contribution is -2.54. The molecule has 214 valence electrons. The number of rotatable bonds is 10. The van der Waals surface area contributed by atoms with Crippen LogP contribution in [-0.4, -0.2) is 50.4 Å². The number of nitrogens with zero attached hydrogens (tertiary/aromatic N) is 2. The van der Waals surface area contributed by atoms with Crippen molar-refractivity contribution in [1.82, 2.24) is 10.2 Å². The predicted octanol–water partition coefficient (Wildman–Crippen LogP) is 5.18. The summed E-state index contributed by atoms with van der Waals surface area (Å²) in [4.78, 5) is 28.6. The van der Waals surface area contributed by atoms with Crippen molar-refractivity contribution in [3.05, 3.63) is 88.9 Å². The van der Waals surface area contributed by atoms with Crippen LogP contribution in [0, 0.1) is 6.92 Å². The average molecular weight is 586 g/mol. The highest BCUT2D eigenvalue weighted by Crippen LogP contribution is 2.27. The largest absolute Gasteiger partial charge is 0.497 e. The molecule has 0 bridgehead atoms. The van der Waals surface area contributed by atoms with E-state index < -0.39 is 34.1 Å². The second-order valence-electron chi connectivity index (χ2n) is 10.6. The van der Waals surface area contributed by atoms with Gasteiger partial charge in [0, 0.05) is 17.1 Å². The number of hydrogen-bond acceptors (Lipinski definition) is 5. The van der Waals surface area contributed by atoms with E-state index in [1.165, 1.54) is 23.1 Å². The van der Waals surface area contributed by atoms with Crippen molar-refractivity contribution in [2.75, 3.05) is 18.0 Å². The smallest absolute Gasteiger partial charge is 0.264 e. The fraction of sp³-hybridized carbons (Fsp3) is 0.333. The number of amides is 2. The molecular weight excluding hydrogens is 550 g/mol. The Morgan fingerprint density at radius 3 is 2.25 bits per heavy atom. The summed E-state index contributed by atoms with van der Waals surface area (Å²) in [6.45, 7) is 8.53. The number of carbonyl (C=O) groups excluding carboxylic acids is 2. The van der Waals surface area contributed by atoms with Crippen molar-refractivity contribution >= 4 is 39.1 Å². The molecule has 3 aromatic carbocycles. The van der Waals surface area contributed by atoms with Crippen molar-refractivity contribution in [2.24, 2.45) is 0 Å². The Labute approximate surface area is 241 Å². The van der Waals surface area contributed by atoms with Gasteiger partial charge in [-0.1, -0.05) is 47.5 Å². The number of hydrogen-bond donors (Lipinski definition) is 1. The third-order valence-electron chi connectivity index (χ3n) is 6.14. The van der Waals surface area contributed by atoms with Gasteiger partial charge in [-0.2, -0.15) is 0 Å². The van der Waals surface area contributed by atoms with Gasteiger partial charge in [0.25, 0.3) is 10.0 Å². The zero-order valence-electron chi connectivity index (χ0n) is 23.6. The summed E-state index contributed by atoms with van der Waals surface area (Å²) in [6.07, 6.45) is 0. The first-order valence-electron chi connectivity index (χ1n) is 12.8. The first-order valence-corrected chi connectivity index (χ1v) is 14.6. The Morgan fingerprint density at radius 1 is 1.00 bits per heavy atom. The van der Waals surface area contributed by atoms with Gasteiger partial charge in [0.1, 0.15) is 18.3 Å². The van der Waals surface area contributed by atoms with Crippen LogP contribution in [0.3, 0.4) is 0 Å². The van der Waals surface area contributed by atoms with E-state index in [1.54, 1.807) is 62.6 Å². The monoisotopic (exact) mass is 585 g/mol. The molecule has 0 radical (unpaired) electrons. The first-order chi connectivity index (χ1) is 18.7. The van der Waals surface area contributed by atoms with E-state index in [1.807, 2.05) is 33.8 Å². The zero-order valence-corrected chi connectivity index (χ0v) is 25.2. The number of carbonyl (C=O) groups is 2. The first kappa shape index (κ1) is 31.0. The van der Waals surface area contributed by atoms with E-state index in [4.69, 9.17) is 16.3 Å². The molecule has 0 aliphatic rings. The number of methoxy groups -OCH3 is 1. The highest BCUT2D eigenvalue weighted by atomic mass is 35.5. The van der Waals surface area contributed by atoms with Crippen molar-refractivity contribution in [3.8, 4) is 5.75 Å². The Morgan fingerprint density at radius 2 is 1.65 bits per heavy atom. The van der Waals surface area contributed by atoms with Crippen LogP contribution in [0.4, 0.5) is 5.69 Å². The number of benzene rings is 3. The number of sulfonamides is 1. The highest BCUT2D eigenvalue weighted by Gasteiger charge is 2.33. The molecule has 0 fully saturated rings. The maximum atomic E-state index is 14.0. The van der Waals surface area contributed by atoms with Gasteiger partial charge in [0.15, 0.2) is 0 Å². The maximum absolute atomic E-state index is 14.0. The molecule has 3 aromatic rings. The standard InChI is InChI=1S/C30H36ClN3O5S/c1-21-13-15-27(16-14-21)40(37,38)34(25-11-8-10-24(31)18-25)20-28(35)33(22(2)29(36)32-30(3,4)5)19-23-9-7-12-26(17-23)39-6/h7-18,22H,19-20H2,1-6H3,(H,32,36)/t22-/m1/s1. The maximum Gasteiger partial charge on any atom is 0.264 e. The molecule has 2 amide bonds. The average Bonchev–Trinajstić information content (AvgIpc) is 2.89. The van der Waals surface area contributed by atoms with Crippen molar-refractivity contribution < 1.29 is 22.7 Å². The summed E-state index contributed by atoms with van der Waals surface area (Å²) < 4.78 is 34.1. The summed E-state index contributed by atoms with van der Waals surface area (Å²) in [6, 6.07) is 18.9. The van der Waals surface area contributed by atoms with Crippen LogP contribution in [0.2, 0.25) is 5.02 Å². The van der Waals surface area contributed by atoms with Gasteiger partial charge in [-0.05, 0) is 82.6 Å². The van der Waals surface area contributed by atoms with Crippen LogP contribution in [0.1, 0.15) is 38.8 Å². The quantitative estimate of drug-likeness (QED) is 0.353. The zero-order chi connectivity index (χ0) is 29.7. The molecule has 8 nitrogen and oxygen atoms in total. The van der Waals surface area contributed by atoms with Crippen molar-refractivity contribution in [1.29, 1.82) is 0 Å². The normalized spacial score (nSPS) is 12.4. The van der Waals surface area contributed by atoms with Crippen LogP contribution in [0.5, 0.6) is 5.75 Å². The van der Waals surface area contributed by atoms with Crippen molar-refractivity contribution in [2.45, 2.75) is 57.6 Å². The Kier molecular flexibility index (Phi) is 9.87. The minimum absolute atomic E-state index is 0.0312. The van der Waals surface area contributed by atoms with Crippen LogP contribution in [0.15, 0.2) is 77.7 Å². The molecule has 0 spiro atoms. The molecule has 40 heavy (non-hydrogen) atoms. The van der Waals surface area contributed by atoms with Gasteiger partial charge >= 0.3 is 0 Å². The van der Waals surface area contributed by atoms with Gasteiger partial charge in [0.2, 0.25) is 11.8 Å². The summed E-state index contributed by atoms with van der Waals surface area (Å²) in [7, 11) is -2.63. The number of anilines is 1. The van der Waals surface area contributed by atoms with E-state index in [0.717, 1.165) is 15.4 Å². The SMILES string of the molecule is COc1cccc(CN(C(=O)CN(c2cccc(Cl)c2)S(=O)(=O)c2ccc(C)cc2)[C@H](C)C(=O)NC(C)(C)C)c1. The summed E-state index contributed by atoms with van der Waals surface area (Å²) in [5, 5.41) is 3.23. The minimum Gasteiger partial charge on any atom is -0.497 e. The molecule has 1 N–H and O–H groups in total. The fourth-order valence-corrected chi connectivity index (χ4v) is 5.61. The van der Waals surface area contributed by atoms with Gasteiger partial charge in [0.05, 0.1) is 17.7 Å². The van der Waals surface area contributed by atoms with Crippen LogP contribution < -0.4 is 14.4 Å². The molecule has 3 rings (SSSR count). The molecule has 0 unspecified atom stereocenters. The summed E-state index contributed by atoms with van der Waals surface area (Å²) in [5.41, 5.74) is 1.32. The molecule has 0 aliphatic heterocycles. The van der Waals surface area contributed by atoms with E-state index in [9.17, 15) is 18.0 Å². The van der Waals surface area contributed by atoms with Crippen molar-refractivity contribution in [3.63, 3.8) is 0 Å². The molecule has 10 heteroatoms. The molecule has 1 atom stereocenters. The van der Waals surface area contributed by atoms with Gasteiger partial charge < -0.3 is 15.0 Å². The Balaban J connectivity index is 2.05. The number of nitrogens with one attached hydrogen (secondary N) is 1. The molecule has 0 saturated heterocycles. The Bertz CT molecular complexity index is 1450. The molecule has 0 heterocycles. The van der Waals surface area contributed by atoms with Crippen LogP contribution in [-0.2, 0) is 26.2 Å². The van der Waals surface area contributed by atoms with E-state index >= 15 is 0 Å². The Hall–Kier alpha value is -3.56. The molecule has 0 saturated carbocycles. The van der Waals surface area contributed by atoms with Gasteiger partial charge in [-0.3, -0.25) is 13.9 Å². The third-order valence-corrected chi connectivity index (χ3v) is 8.16. The highest BCUT2D eigenvalue weighted by molar-refractivity contribution is 7.92. The summed E-state index contributed by atoms with van der Waals surface area (Å²) in [5.74, 6) is -0.325. The second kappa shape index (κ2) is 12.7. The van der Waals surface area contributed by atoms with E-state index in [0.29, 0.717) is 10.8 Å². The molecule has 0 aliphatic carbocycles. The number of halogens is 1. The predicted molar refractivity (Wildman–Crippen MR) is 158 cm³/mol. The second-order valence-corrected chi connectivity index (χ2v) is 12.9. The van der Waals surface area contributed by atoms with E-state index in [2.05, 4.69) is 5.32 Å². The lowest BCUT2D eigenvalue weighted by molar-refractivity contribution is -0.140. The topological polar surface area (TPSA) is 96.0 Å². The minimum atomic E-state index is -4.17.